The molecule has 20 heavy (non-hydrogen) atoms. The van der Waals surface area contributed by atoms with E-state index in [0.717, 1.165) is 25.9 Å². The zero-order chi connectivity index (χ0) is 14.3. The second kappa shape index (κ2) is 5.18. The fraction of sp³-hybridized carbons (Fsp3) is 0.714. The summed E-state index contributed by atoms with van der Waals surface area (Å²) in [6.07, 6.45) is 4.55. The maximum Gasteiger partial charge on any atom is 0.310 e. The first-order valence-corrected chi connectivity index (χ1v) is 7.12. The molecule has 3 aliphatic heterocycles. The molecule has 0 aromatic carbocycles. The number of carboxylic acids is 1. The molecule has 2 bridgehead atoms. The quantitative estimate of drug-likeness (QED) is 0.703. The third kappa shape index (κ3) is 2.33. The lowest BCUT2D eigenvalue weighted by Gasteiger charge is -2.31. The van der Waals surface area contributed by atoms with Gasteiger partial charge < -0.3 is 20.1 Å². The van der Waals surface area contributed by atoms with Crippen molar-refractivity contribution in [2.75, 3.05) is 20.1 Å². The van der Waals surface area contributed by atoms with Gasteiger partial charge in [0.15, 0.2) is 0 Å². The number of ether oxygens (including phenoxy) is 1. The number of carboxylic acid groups (broad SMARTS) is 1. The molecule has 0 aromatic rings. The first-order chi connectivity index (χ1) is 9.56. The number of carbonyl (C=O) groups is 2. The molecule has 2 N–H and O–H groups in total. The summed E-state index contributed by atoms with van der Waals surface area (Å²) in [5.74, 6) is -2.48. The van der Waals surface area contributed by atoms with E-state index in [2.05, 4.69) is 17.3 Å². The molecule has 0 radical (unpaired) electrons. The molecule has 0 aromatic heterocycles. The van der Waals surface area contributed by atoms with Crippen LogP contribution in [0.25, 0.3) is 0 Å². The summed E-state index contributed by atoms with van der Waals surface area (Å²) in [6, 6.07) is 0.149. The number of nitrogens with one attached hydrogen (secondary N) is 1. The van der Waals surface area contributed by atoms with Crippen LogP contribution in [0.3, 0.4) is 0 Å². The van der Waals surface area contributed by atoms with Crippen LogP contribution in [0.15, 0.2) is 12.2 Å². The molecule has 0 aliphatic carbocycles. The molecule has 2 saturated heterocycles. The number of rotatable bonds is 3. The molecular formula is C14H20N2O4. The summed E-state index contributed by atoms with van der Waals surface area (Å²) >= 11 is 0. The van der Waals surface area contributed by atoms with Crippen LogP contribution in [-0.4, -0.2) is 60.3 Å². The first-order valence-electron chi connectivity index (χ1n) is 7.12. The van der Waals surface area contributed by atoms with Gasteiger partial charge >= 0.3 is 5.97 Å². The van der Waals surface area contributed by atoms with E-state index in [-0.39, 0.29) is 18.1 Å². The van der Waals surface area contributed by atoms with Gasteiger partial charge in [-0.05, 0) is 33.0 Å². The van der Waals surface area contributed by atoms with Crippen LogP contribution in [0.1, 0.15) is 12.8 Å². The molecule has 3 rings (SSSR count). The maximum absolute atomic E-state index is 12.4. The van der Waals surface area contributed by atoms with Gasteiger partial charge in [0, 0.05) is 6.04 Å². The Morgan fingerprint density at radius 2 is 1.80 bits per heavy atom. The third-order valence-corrected chi connectivity index (χ3v) is 4.55. The molecule has 1 amide bonds. The topological polar surface area (TPSA) is 78.9 Å². The largest absolute Gasteiger partial charge is 0.481 e. The van der Waals surface area contributed by atoms with E-state index >= 15 is 0 Å². The van der Waals surface area contributed by atoms with Gasteiger partial charge in [0.2, 0.25) is 5.91 Å². The Hall–Kier alpha value is -1.40. The summed E-state index contributed by atoms with van der Waals surface area (Å²) in [5, 5.41) is 12.3. The van der Waals surface area contributed by atoms with Gasteiger partial charge in [0.25, 0.3) is 0 Å². The molecule has 0 spiro atoms. The van der Waals surface area contributed by atoms with Gasteiger partial charge in [-0.25, -0.2) is 0 Å². The second-order valence-electron chi connectivity index (χ2n) is 5.93. The summed E-state index contributed by atoms with van der Waals surface area (Å²) in [6.45, 7) is 1.92. The van der Waals surface area contributed by atoms with Crippen LogP contribution >= 0.6 is 0 Å². The smallest absolute Gasteiger partial charge is 0.310 e. The average molecular weight is 280 g/mol. The van der Waals surface area contributed by atoms with E-state index < -0.39 is 23.9 Å². The van der Waals surface area contributed by atoms with Gasteiger partial charge in [0.05, 0.1) is 18.1 Å². The van der Waals surface area contributed by atoms with Gasteiger partial charge in [-0.15, -0.1) is 0 Å². The van der Waals surface area contributed by atoms with Crippen molar-refractivity contribution >= 4 is 11.9 Å². The van der Waals surface area contributed by atoms with Crippen LogP contribution in [0.2, 0.25) is 0 Å². The van der Waals surface area contributed by atoms with Crippen molar-refractivity contribution < 1.29 is 19.4 Å². The number of carbonyl (C=O) groups excluding carboxylic acids is 1. The Morgan fingerprint density at radius 1 is 1.20 bits per heavy atom. The summed E-state index contributed by atoms with van der Waals surface area (Å²) < 4.78 is 5.53. The number of fused-ring (bicyclic) bond motifs is 2. The Morgan fingerprint density at radius 3 is 2.40 bits per heavy atom. The highest BCUT2D eigenvalue weighted by molar-refractivity contribution is 5.87. The molecule has 3 aliphatic rings. The Labute approximate surface area is 117 Å². The predicted octanol–water partition coefficient (Wildman–Crippen LogP) is -0.149. The minimum absolute atomic E-state index is 0.149. The van der Waals surface area contributed by atoms with Gasteiger partial charge in [0.1, 0.15) is 5.92 Å². The lowest BCUT2D eigenvalue weighted by atomic mass is 9.82. The third-order valence-electron chi connectivity index (χ3n) is 4.55. The predicted molar refractivity (Wildman–Crippen MR) is 71.1 cm³/mol. The standard InChI is InChI=1S/C14H20N2O4/c1-16-6-4-8(5-7-16)15-13(17)11-9-2-3-10(20-9)12(11)14(18)19/h2-3,8-12H,4-7H2,1H3,(H,15,17)(H,18,19)/t9-,10-,11-,12+/m1/s1. The normalized spacial score (nSPS) is 37.2. The highest BCUT2D eigenvalue weighted by atomic mass is 16.5. The lowest BCUT2D eigenvalue weighted by molar-refractivity contribution is -0.146. The van der Waals surface area contributed by atoms with E-state index in [4.69, 9.17) is 4.74 Å². The number of nitrogens with zero attached hydrogens (tertiary/aromatic N) is 1. The zero-order valence-electron chi connectivity index (χ0n) is 11.5. The van der Waals surface area contributed by atoms with Crippen LogP contribution in [0.4, 0.5) is 0 Å². The highest BCUT2D eigenvalue weighted by Crippen LogP contribution is 2.39. The molecule has 0 unspecified atom stereocenters. The minimum atomic E-state index is -0.953. The average Bonchev–Trinajstić information content (AvgIpc) is 3.01. The summed E-state index contributed by atoms with van der Waals surface area (Å²) in [5.41, 5.74) is 0. The fourth-order valence-electron chi connectivity index (χ4n) is 3.37. The van der Waals surface area contributed by atoms with E-state index in [0.29, 0.717) is 0 Å². The SMILES string of the molecule is CN1CCC(NC(=O)[C@H]2[C@@H](C(=O)O)[C@H]3C=C[C@H]2O3)CC1. The first kappa shape index (κ1) is 13.6. The van der Waals surface area contributed by atoms with Crippen LogP contribution in [0.5, 0.6) is 0 Å². The number of amides is 1. The van der Waals surface area contributed by atoms with Crippen molar-refractivity contribution in [2.24, 2.45) is 11.8 Å². The van der Waals surface area contributed by atoms with E-state index in [1.165, 1.54) is 0 Å². The molecular weight excluding hydrogens is 260 g/mol. The molecule has 110 valence electrons. The van der Waals surface area contributed by atoms with E-state index in [1.54, 1.807) is 6.08 Å². The number of piperidine rings is 1. The Kier molecular flexibility index (Phi) is 3.52. The van der Waals surface area contributed by atoms with Crippen LogP contribution in [0, 0.1) is 11.8 Å². The molecule has 2 fully saturated rings. The monoisotopic (exact) mass is 280 g/mol. The highest BCUT2D eigenvalue weighted by Gasteiger charge is 2.53. The second-order valence-corrected chi connectivity index (χ2v) is 5.93. The Balaban J connectivity index is 1.64. The van der Waals surface area contributed by atoms with Crippen molar-refractivity contribution in [2.45, 2.75) is 31.1 Å². The number of aliphatic carboxylic acids is 1. The molecule has 6 heteroatoms. The summed E-state index contributed by atoms with van der Waals surface area (Å²) in [4.78, 5) is 26.0. The molecule has 3 heterocycles. The molecule has 6 nitrogen and oxygen atoms in total. The molecule has 4 atom stereocenters. The van der Waals surface area contributed by atoms with Crippen molar-refractivity contribution in [1.29, 1.82) is 0 Å². The van der Waals surface area contributed by atoms with Crippen LogP contribution in [-0.2, 0) is 14.3 Å². The van der Waals surface area contributed by atoms with Crippen molar-refractivity contribution in [3.63, 3.8) is 0 Å². The maximum atomic E-state index is 12.4. The van der Waals surface area contributed by atoms with Crippen molar-refractivity contribution in [1.82, 2.24) is 10.2 Å². The fourth-order valence-corrected chi connectivity index (χ4v) is 3.37. The van der Waals surface area contributed by atoms with Crippen LogP contribution < -0.4 is 5.32 Å². The Bertz CT molecular complexity index is 442. The van der Waals surface area contributed by atoms with Gasteiger partial charge in [-0.2, -0.15) is 0 Å². The minimum Gasteiger partial charge on any atom is -0.481 e. The molecule has 0 saturated carbocycles. The summed E-state index contributed by atoms with van der Waals surface area (Å²) in [7, 11) is 2.06. The zero-order valence-corrected chi connectivity index (χ0v) is 11.5. The number of likely N-dealkylation sites (tertiary alicyclic amines) is 1. The van der Waals surface area contributed by atoms with Gasteiger partial charge in [-0.1, -0.05) is 12.2 Å². The van der Waals surface area contributed by atoms with Crippen molar-refractivity contribution in [3.8, 4) is 0 Å². The number of hydrogen-bond donors (Lipinski definition) is 2. The van der Waals surface area contributed by atoms with E-state index in [9.17, 15) is 14.7 Å². The number of hydrogen-bond acceptors (Lipinski definition) is 4. The van der Waals surface area contributed by atoms with E-state index in [1.807, 2.05) is 6.08 Å². The van der Waals surface area contributed by atoms with Crippen molar-refractivity contribution in [3.05, 3.63) is 12.2 Å². The van der Waals surface area contributed by atoms with Gasteiger partial charge in [-0.3, -0.25) is 9.59 Å². The lowest BCUT2D eigenvalue weighted by Crippen LogP contribution is -2.49.